The molecule has 0 N–H and O–H groups in total. The van der Waals surface area contributed by atoms with E-state index >= 15 is 0 Å². The molecule has 352 valence electrons. The van der Waals surface area contributed by atoms with E-state index in [1.165, 1.54) is 109 Å². The summed E-state index contributed by atoms with van der Waals surface area (Å²) < 4.78 is 16.7. The van der Waals surface area contributed by atoms with Crippen LogP contribution in [0.5, 0.6) is 0 Å². The molecule has 0 spiro atoms. The van der Waals surface area contributed by atoms with Crippen LogP contribution in [0.15, 0.2) is 60.8 Å². The molecule has 6 nitrogen and oxygen atoms in total. The summed E-state index contributed by atoms with van der Waals surface area (Å²) in [6.07, 6.45) is 61.0. The van der Waals surface area contributed by atoms with Gasteiger partial charge in [-0.3, -0.25) is 14.4 Å². The van der Waals surface area contributed by atoms with Crippen molar-refractivity contribution < 1.29 is 28.6 Å². The van der Waals surface area contributed by atoms with Crippen LogP contribution in [-0.2, 0) is 28.6 Å². The molecule has 0 aliphatic rings. The number of ether oxygens (including phenoxy) is 3. The lowest BCUT2D eigenvalue weighted by Crippen LogP contribution is -2.30. The molecule has 61 heavy (non-hydrogen) atoms. The van der Waals surface area contributed by atoms with E-state index in [0.717, 1.165) is 103 Å². The highest BCUT2D eigenvalue weighted by Crippen LogP contribution is 2.15. The van der Waals surface area contributed by atoms with Crippen LogP contribution in [-0.4, -0.2) is 37.2 Å². The third-order valence-electron chi connectivity index (χ3n) is 11.0. The van der Waals surface area contributed by atoms with E-state index in [9.17, 15) is 14.4 Å². The van der Waals surface area contributed by atoms with Crippen molar-refractivity contribution in [2.45, 2.75) is 258 Å². The third kappa shape index (κ3) is 48.0. The Bertz CT molecular complexity index is 1120. The minimum Gasteiger partial charge on any atom is -0.462 e. The van der Waals surface area contributed by atoms with Crippen molar-refractivity contribution in [2.24, 2.45) is 0 Å². The summed E-state index contributed by atoms with van der Waals surface area (Å²) in [5.41, 5.74) is 0. The maximum Gasteiger partial charge on any atom is 0.306 e. The zero-order valence-electron chi connectivity index (χ0n) is 40.2. The van der Waals surface area contributed by atoms with E-state index in [1.807, 2.05) is 0 Å². The van der Waals surface area contributed by atoms with Crippen LogP contribution >= 0.6 is 0 Å². The van der Waals surface area contributed by atoms with Crippen molar-refractivity contribution in [3.05, 3.63) is 60.8 Å². The summed E-state index contributed by atoms with van der Waals surface area (Å²) >= 11 is 0. The SMILES string of the molecule is CC/C=C\C/C=C\C/C=C\C/C=C\C/C=C\CCCCCCCCCC(=O)OCC(COC(=O)CCCCCCC)OC(=O)CCCCCCCCCCCCCCCCC. The van der Waals surface area contributed by atoms with Crippen molar-refractivity contribution in [2.75, 3.05) is 13.2 Å². The smallest absolute Gasteiger partial charge is 0.306 e. The number of hydrogen-bond donors (Lipinski definition) is 0. The molecular weight excluding hydrogens is 757 g/mol. The highest BCUT2D eigenvalue weighted by Gasteiger charge is 2.19. The Morgan fingerprint density at radius 3 is 1.00 bits per heavy atom. The Morgan fingerprint density at radius 1 is 0.344 bits per heavy atom. The Hall–Kier alpha value is -2.89. The predicted octanol–water partition coefficient (Wildman–Crippen LogP) is 16.9. The quantitative estimate of drug-likeness (QED) is 0.0263. The summed E-state index contributed by atoms with van der Waals surface area (Å²) in [5.74, 6) is -0.896. The molecule has 0 saturated carbocycles. The van der Waals surface area contributed by atoms with Gasteiger partial charge in [-0.15, -0.1) is 0 Å². The van der Waals surface area contributed by atoms with Crippen LogP contribution in [0.4, 0.5) is 0 Å². The Kier molecular flexibility index (Phi) is 47.4. The molecule has 0 aromatic heterocycles. The summed E-state index contributed by atoms with van der Waals surface area (Å²) in [7, 11) is 0. The van der Waals surface area contributed by atoms with E-state index in [0.29, 0.717) is 19.3 Å². The minimum atomic E-state index is -0.772. The highest BCUT2D eigenvalue weighted by atomic mass is 16.6. The Morgan fingerprint density at radius 2 is 0.639 bits per heavy atom. The molecule has 0 amide bonds. The van der Waals surface area contributed by atoms with Gasteiger partial charge in [0.2, 0.25) is 0 Å². The van der Waals surface area contributed by atoms with Gasteiger partial charge in [-0.2, -0.15) is 0 Å². The first-order chi connectivity index (χ1) is 30.0. The van der Waals surface area contributed by atoms with Gasteiger partial charge in [0.25, 0.3) is 0 Å². The van der Waals surface area contributed by atoms with E-state index in [-0.39, 0.29) is 31.1 Å². The fourth-order valence-corrected chi connectivity index (χ4v) is 7.17. The van der Waals surface area contributed by atoms with Crippen molar-refractivity contribution in [3.8, 4) is 0 Å². The minimum absolute atomic E-state index is 0.0766. The van der Waals surface area contributed by atoms with Gasteiger partial charge in [0, 0.05) is 19.3 Å². The molecule has 0 rings (SSSR count). The first kappa shape index (κ1) is 58.1. The number of unbranched alkanes of at least 4 members (excludes halogenated alkanes) is 25. The van der Waals surface area contributed by atoms with Crippen molar-refractivity contribution in [1.82, 2.24) is 0 Å². The first-order valence-electron chi connectivity index (χ1n) is 25.8. The van der Waals surface area contributed by atoms with Gasteiger partial charge in [0.15, 0.2) is 6.10 Å². The van der Waals surface area contributed by atoms with Gasteiger partial charge in [0.05, 0.1) is 0 Å². The van der Waals surface area contributed by atoms with Crippen LogP contribution in [0.2, 0.25) is 0 Å². The second-order valence-corrected chi connectivity index (χ2v) is 17.1. The van der Waals surface area contributed by atoms with E-state index in [2.05, 4.69) is 81.5 Å². The fourth-order valence-electron chi connectivity index (χ4n) is 7.17. The van der Waals surface area contributed by atoms with Gasteiger partial charge in [-0.25, -0.2) is 0 Å². The second-order valence-electron chi connectivity index (χ2n) is 17.1. The lowest BCUT2D eigenvalue weighted by atomic mass is 10.0. The molecule has 0 heterocycles. The molecule has 0 aliphatic heterocycles. The molecule has 0 aromatic carbocycles. The van der Waals surface area contributed by atoms with Gasteiger partial charge in [0.1, 0.15) is 13.2 Å². The second kappa shape index (κ2) is 49.8. The monoisotopic (exact) mass is 853 g/mol. The van der Waals surface area contributed by atoms with Gasteiger partial charge < -0.3 is 14.2 Å². The topological polar surface area (TPSA) is 78.9 Å². The van der Waals surface area contributed by atoms with Crippen LogP contribution in [0.3, 0.4) is 0 Å². The molecule has 1 unspecified atom stereocenters. The normalized spacial score (nSPS) is 12.5. The number of hydrogen-bond acceptors (Lipinski definition) is 6. The summed E-state index contributed by atoms with van der Waals surface area (Å²) in [4.78, 5) is 37.7. The average molecular weight is 853 g/mol. The van der Waals surface area contributed by atoms with Crippen LogP contribution < -0.4 is 0 Å². The van der Waals surface area contributed by atoms with Crippen molar-refractivity contribution >= 4 is 17.9 Å². The summed E-state index contributed by atoms with van der Waals surface area (Å²) in [6, 6.07) is 0. The van der Waals surface area contributed by atoms with Crippen LogP contribution in [0.25, 0.3) is 0 Å². The molecular formula is C55H96O6. The molecule has 0 bridgehead atoms. The fraction of sp³-hybridized carbons (Fsp3) is 0.764. The standard InChI is InChI=1S/C55H96O6/c1-4-7-10-13-15-17-19-21-23-24-25-26-27-28-29-30-32-33-35-37-39-42-45-48-54(57)60-51-52(50-59-53(56)47-44-41-12-9-6-3)61-55(58)49-46-43-40-38-36-34-31-22-20-18-16-14-11-8-5-2/h7,10,15,17,21,23,25-26,28-29,52H,4-6,8-9,11-14,16,18-20,22,24,27,30-51H2,1-3H3/b10-7-,17-15-,23-21-,26-25-,29-28-. The molecule has 6 heteroatoms. The zero-order chi connectivity index (χ0) is 44.4. The molecule has 0 fully saturated rings. The summed E-state index contributed by atoms with van der Waals surface area (Å²) in [5, 5.41) is 0. The largest absolute Gasteiger partial charge is 0.462 e. The third-order valence-corrected chi connectivity index (χ3v) is 11.0. The van der Waals surface area contributed by atoms with Gasteiger partial charge >= 0.3 is 17.9 Å². The number of carbonyl (C=O) groups excluding carboxylic acids is 3. The number of rotatable bonds is 46. The molecule has 1 atom stereocenters. The van der Waals surface area contributed by atoms with Crippen molar-refractivity contribution in [1.29, 1.82) is 0 Å². The average Bonchev–Trinajstić information content (AvgIpc) is 3.26. The predicted molar refractivity (Wildman–Crippen MR) is 261 cm³/mol. The zero-order valence-corrected chi connectivity index (χ0v) is 40.2. The summed E-state index contributed by atoms with van der Waals surface area (Å²) in [6.45, 7) is 6.44. The number of allylic oxidation sites excluding steroid dienone is 10. The van der Waals surface area contributed by atoms with E-state index < -0.39 is 6.10 Å². The molecule has 0 radical (unpaired) electrons. The molecule has 0 saturated heterocycles. The Balaban J connectivity index is 4.15. The van der Waals surface area contributed by atoms with E-state index in [4.69, 9.17) is 14.2 Å². The van der Waals surface area contributed by atoms with Crippen molar-refractivity contribution in [3.63, 3.8) is 0 Å². The van der Waals surface area contributed by atoms with Gasteiger partial charge in [-0.1, -0.05) is 229 Å². The number of esters is 3. The molecule has 0 aliphatic carbocycles. The van der Waals surface area contributed by atoms with Crippen LogP contribution in [0.1, 0.15) is 252 Å². The number of carbonyl (C=O) groups is 3. The molecule has 0 aromatic rings. The first-order valence-corrected chi connectivity index (χ1v) is 25.8. The van der Waals surface area contributed by atoms with Gasteiger partial charge in [-0.05, 0) is 64.2 Å². The van der Waals surface area contributed by atoms with Crippen LogP contribution in [0, 0.1) is 0 Å². The lowest BCUT2D eigenvalue weighted by Gasteiger charge is -2.18. The maximum absolute atomic E-state index is 12.7. The maximum atomic E-state index is 12.7. The Labute approximate surface area is 377 Å². The van der Waals surface area contributed by atoms with E-state index in [1.54, 1.807) is 0 Å². The lowest BCUT2D eigenvalue weighted by molar-refractivity contribution is -0.167. The highest BCUT2D eigenvalue weighted by molar-refractivity contribution is 5.71.